The lowest BCUT2D eigenvalue weighted by Crippen LogP contribution is -1.93. The van der Waals surface area contributed by atoms with E-state index in [-0.39, 0.29) is 0 Å². The Balaban J connectivity index is 1.58. The van der Waals surface area contributed by atoms with Crippen LogP contribution in [-0.2, 0) is 0 Å². The molecular weight excluding hydrogens is 569 g/mol. The highest BCUT2D eigenvalue weighted by molar-refractivity contribution is 6.25. The topological polar surface area (TPSA) is 13.1 Å². The molecule has 218 valence electrons. The standard InChI is InChI=1S/C46H28O/c1-3-16-31-29(13-1)15-11-24-34(31)43-37-20-7-9-22-39(37)44(40-23-10-8-21-38(40)43)35-19-6-5-18-33(35)36-25-12-26-42-45(36)41-28-27-30-14-2-4-17-32(30)46(41)47-42/h1-28H/i1D,2D,3D,4D,5D,6D,7D,8D,9D,10D,11D,12D,13D,14D,15D,16D,17D,18D,19D,20D,21D,22D,23D,24D,25D,26D,27D,28D. The Labute approximate surface area is 311 Å². The molecule has 0 radical (unpaired) electrons. The maximum atomic E-state index is 9.68. The van der Waals surface area contributed by atoms with Gasteiger partial charge in [0, 0.05) is 16.2 Å². The maximum Gasteiger partial charge on any atom is 0.143 e. The van der Waals surface area contributed by atoms with Crippen molar-refractivity contribution >= 4 is 65.0 Å². The highest BCUT2D eigenvalue weighted by Crippen LogP contribution is 2.48. The van der Waals surface area contributed by atoms with Gasteiger partial charge < -0.3 is 4.42 Å². The van der Waals surface area contributed by atoms with E-state index in [1.807, 2.05) is 0 Å². The molecule has 0 spiro atoms. The smallest absolute Gasteiger partial charge is 0.143 e. The molecule has 0 aliphatic rings. The molecule has 1 heterocycles. The van der Waals surface area contributed by atoms with Gasteiger partial charge in [0.25, 0.3) is 0 Å². The highest BCUT2D eigenvalue weighted by Gasteiger charge is 2.21. The second-order valence-electron chi connectivity index (χ2n) is 10.3. The molecule has 10 aromatic rings. The van der Waals surface area contributed by atoms with Gasteiger partial charge in [-0.25, -0.2) is 0 Å². The normalized spacial score (nSPS) is 20.2. The fraction of sp³-hybridized carbons (Fsp3) is 0. The second-order valence-corrected chi connectivity index (χ2v) is 10.3. The van der Waals surface area contributed by atoms with Gasteiger partial charge in [-0.1, -0.05) is 157 Å². The predicted molar refractivity (Wildman–Crippen MR) is 200 cm³/mol. The summed E-state index contributed by atoms with van der Waals surface area (Å²) >= 11 is 0. The molecule has 0 saturated heterocycles. The number of hydrogen-bond acceptors (Lipinski definition) is 1. The third-order valence-corrected chi connectivity index (χ3v) is 7.87. The van der Waals surface area contributed by atoms with Gasteiger partial charge in [0.05, 0.1) is 38.4 Å². The van der Waals surface area contributed by atoms with Crippen molar-refractivity contribution in [1.82, 2.24) is 0 Å². The van der Waals surface area contributed by atoms with Crippen molar-refractivity contribution < 1.29 is 42.8 Å². The molecule has 0 atom stereocenters. The summed E-state index contributed by atoms with van der Waals surface area (Å²) in [5, 5.41) is -6.62. The molecule has 0 N–H and O–H groups in total. The lowest BCUT2D eigenvalue weighted by atomic mass is 9.82. The van der Waals surface area contributed by atoms with Crippen LogP contribution in [0, 0.1) is 0 Å². The summed E-state index contributed by atoms with van der Waals surface area (Å²) in [6, 6.07) is -26.8. The van der Waals surface area contributed by atoms with Gasteiger partial charge in [-0.05, 0) is 83.2 Å². The Hall–Kier alpha value is -6.18. The molecule has 0 aliphatic heterocycles. The molecular formula is C46H28O. The molecule has 0 bridgehead atoms. The highest BCUT2D eigenvalue weighted by atomic mass is 16.3. The fourth-order valence-corrected chi connectivity index (χ4v) is 5.97. The van der Waals surface area contributed by atoms with Crippen LogP contribution in [0.15, 0.2) is 174 Å². The Morgan fingerprint density at radius 1 is 0.319 bits per heavy atom. The average Bonchev–Trinajstić information content (AvgIpc) is 3.78. The summed E-state index contributed by atoms with van der Waals surface area (Å²) < 4.78 is 260. The maximum absolute atomic E-state index is 9.68. The first-order valence-corrected chi connectivity index (χ1v) is 13.9. The molecule has 0 amide bonds. The van der Waals surface area contributed by atoms with Gasteiger partial charge in [-0.2, -0.15) is 0 Å². The Kier molecular flexibility index (Phi) is 2.31. The summed E-state index contributed by atoms with van der Waals surface area (Å²) in [6.45, 7) is 0. The van der Waals surface area contributed by atoms with Crippen LogP contribution in [-0.4, -0.2) is 0 Å². The minimum atomic E-state index is -1.11. The number of hydrogen-bond donors (Lipinski definition) is 0. The van der Waals surface area contributed by atoms with Crippen LogP contribution in [0.1, 0.15) is 38.4 Å². The molecule has 47 heavy (non-hydrogen) atoms. The molecule has 1 aromatic heterocycles. The first-order valence-electron chi connectivity index (χ1n) is 27.9. The van der Waals surface area contributed by atoms with Gasteiger partial charge >= 0.3 is 0 Å². The number of fused-ring (bicyclic) bond motifs is 8. The van der Waals surface area contributed by atoms with Crippen molar-refractivity contribution in [3.63, 3.8) is 0 Å². The van der Waals surface area contributed by atoms with Crippen molar-refractivity contribution in [1.29, 1.82) is 0 Å². The van der Waals surface area contributed by atoms with Crippen LogP contribution in [0.4, 0.5) is 0 Å². The molecule has 1 heteroatoms. The Bertz CT molecular complexity index is 4350. The van der Waals surface area contributed by atoms with Crippen molar-refractivity contribution in [3.8, 4) is 33.4 Å². The minimum Gasteiger partial charge on any atom is -0.455 e. The van der Waals surface area contributed by atoms with Crippen LogP contribution in [0.2, 0.25) is 0 Å². The van der Waals surface area contributed by atoms with Gasteiger partial charge in [-0.15, -0.1) is 0 Å². The summed E-state index contributed by atoms with van der Waals surface area (Å²) in [4.78, 5) is 0. The third kappa shape index (κ3) is 3.84. The van der Waals surface area contributed by atoms with Gasteiger partial charge in [-0.3, -0.25) is 0 Å². The van der Waals surface area contributed by atoms with Crippen LogP contribution in [0.3, 0.4) is 0 Å². The first-order chi connectivity index (χ1) is 35.0. The average molecular weight is 625 g/mol. The van der Waals surface area contributed by atoms with Gasteiger partial charge in [0.2, 0.25) is 0 Å². The Morgan fingerprint density at radius 3 is 1.49 bits per heavy atom. The van der Waals surface area contributed by atoms with Gasteiger partial charge in [0.15, 0.2) is 0 Å². The number of benzene rings is 9. The van der Waals surface area contributed by atoms with E-state index >= 15 is 0 Å². The van der Waals surface area contributed by atoms with E-state index in [4.69, 9.17) is 30.5 Å². The minimum absolute atomic E-state index is 0.480. The zero-order valence-electron chi connectivity index (χ0n) is 51.4. The summed E-state index contributed by atoms with van der Waals surface area (Å²) in [7, 11) is 0. The SMILES string of the molecule is [2H]c1c([2H])c([2H])c(-c2c([2H])c([2H])c([2H])c3oc4c5c([2H])c([2H])c([2H])c([2H])c5c([2H])c([2H])c4c23)c(-c2c3c([2H])c([2H])c([2H])c([2H])c3c(-c3c([2H])c([2H])c([2H])c4c([2H])c([2H])c([2H])c([2H])c34)c3c([2H])c([2H])c([2H])c([2H])c23)c1[2H]. The van der Waals surface area contributed by atoms with E-state index < -0.39 is 268 Å². The Morgan fingerprint density at radius 2 is 0.787 bits per heavy atom. The van der Waals surface area contributed by atoms with Crippen LogP contribution in [0.25, 0.3) is 98.4 Å². The monoisotopic (exact) mass is 624 g/mol. The first kappa shape index (κ1) is 10.7. The van der Waals surface area contributed by atoms with Crippen LogP contribution in [0.5, 0.6) is 0 Å². The molecule has 0 aliphatic carbocycles. The van der Waals surface area contributed by atoms with Crippen molar-refractivity contribution in [2.24, 2.45) is 0 Å². The molecule has 0 fully saturated rings. The quantitative estimate of drug-likeness (QED) is 0.178. The lowest BCUT2D eigenvalue weighted by Gasteiger charge is -2.20. The van der Waals surface area contributed by atoms with E-state index in [2.05, 4.69) is 0 Å². The largest absolute Gasteiger partial charge is 0.455 e. The van der Waals surface area contributed by atoms with Gasteiger partial charge in [0.1, 0.15) is 11.2 Å². The number of furan rings is 1. The van der Waals surface area contributed by atoms with E-state index in [0.29, 0.717) is 0 Å². The molecule has 10 rings (SSSR count). The van der Waals surface area contributed by atoms with Crippen LogP contribution < -0.4 is 0 Å². The summed E-state index contributed by atoms with van der Waals surface area (Å²) in [5.41, 5.74) is -6.10. The molecule has 0 unspecified atom stereocenters. The summed E-state index contributed by atoms with van der Waals surface area (Å²) in [6.07, 6.45) is 0. The van der Waals surface area contributed by atoms with Crippen LogP contribution >= 0.6 is 0 Å². The zero-order valence-corrected chi connectivity index (χ0v) is 23.4. The van der Waals surface area contributed by atoms with Crippen molar-refractivity contribution in [2.75, 3.05) is 0 Å². The predicted octanol–water partition coefficient (Wildman–Crippen LogP) is 13.2. The second kappa shape index (κ2) is 10.2. The van der Waals surface area contributed by atoms with Crippen molar-refractivity contribution in [2.45, 2.75) is 0 Å². The van der Waals surface area contributed by atoms with E-state index in [0.717, 1.165) is 0 Å². The van der Waals surface area contributed by atoms with Crippen molar-refractivity contribution in [3.05, 3.63) is 169 Å². The van der Waals surface area contributed by atoms with E-state index in [1.54, 1.807) is 0 Å². The lowest BCUT2D eigenvalue weighted by molar-refractivity contribution is 0.673. The fourth-order valence-electron chi connectivity index (χ4n) is 5.97. The third-order valence-electron chi connectivity index (χ3n) is 7.87. The van der Waals surface area contributed by atoms with E-state index in [9.17, 15) is 12.3 Å². The van der Waals surface area contributed by atoms with E-state index in [1.165, 1.54) is 0 Å². The number of rotatable bonds is 3. The zero-order chi connectivity index (χ0) is 55.3. The molecule has 1 nitrogen and oxygen atoms in total. The summed E-state index contributed by atoms with van der Waals surface area (Å²) in [5.74, 6) is 0. The molecule has 0 saturated carbocycles. The molecule has 9 aromatic carbocycles.